The van der Waals surface area contributed by atoms with Gasteiger partial charge in [-0.1, -0.05) is 76.9 Å². The molecule has 2 heteroatoms. The molecule has 0 saturated heterocycles. The van der Waals surface area contributed by atoms with Crippen molar-refractivity contribution in [3.63, 3.8) is 0 Å². The van der Waals surface area contributed by atoms with Gasteiger partial charge in [-0.05, 0) is 63.3 Å². The van der Waals surface area contributed by atoms with E-state index in [-0.39, 0.29) is 5.78 Å². The Morgan fingerprint density at radius 2 is 1.25 bits per heavy atom. The van der Waals surface area contributed by atoms with Crippen LogP contribution in [0.3, 0.4) is 0 Å². The fourth-order valence-electron chi connectivity index (χ4n) is 3.43. The highest BCUT2D eigenvalue weighted by atomic mass is 16.1. The minimum Gasteiger partial charge on any atom is -0.385 e. The number of carbonyl (C=O) groups is 1. The highest BCUT2D eigenvalue weighted by Gasteiger charge is 1.98. The molecule has 0 spiro atoms. The van der Waals surface area contributed by atoms with Gasteiger partial charge < -0.3 is 5.32 Å². The van der Waals surface area contributed by atoms with Crippen LogP contribution in [0, 0.1) is 0 Å². The summed E-state index contributed by atoms with van der Waals surface area (Å²) >= 11 is 0. The first-order valence-corrected chi connectivity index (χ1v) is 11.7. The quantitative estimate of drug-likeness (QED) is 0.156. The number of rotatable bonds is 18. The Morgan fingerprint density at radius 1 is 0.750 bits per heavy atom. The van der Waals surface area contributed by atoms with E-state index < -0.39 is 0 Å². The number of Topliss-reactive ketones (excluding diaryl/α,β-unsaturated/α-hetero) is 1. The molecule has 0 aromatic heterocycles. The van der Waals surface area contributed by atoms with E-state index >= 15 is 0 Å². The lowest BCUT2D eigenvalue weighted by Gasteiger charge is -2.07. The Kier molecular flexibility index (Phi) is 15.3. The zero-order chi connectivity index (χ0) is 20.3. The number of ketones is 1. The molecule has 28 heavy (non-hydrogen) atoms. The third-order valence-electron chi connectivity index (χ3n) is 5.31. The predicted molar refractivity (Wildman–Crippen MR) is 124 cm³/mol. The molecule has 158 valence electrons. The number of nitrogens with one attached hydrogen (secondary N) is 1. The standard InChI is InChI=1S/C26H43NO/c1-3-4-5-6-7-8-9-10-11-12-13-14-15-16-17-18-23-27-26-21-19-25(20-22-26)24(2)28/h10-11,19-22,27H,3-9,12-18,23H2,1-2H3. The number of allylic oxidation sites excluding steroid dienone is 2. The van der Waals surface area contributed by atoms with E-state index in [1.54, 1.807) is 6.92 Å². The van der Waals surface area contributed by atoms with Crippen molar-refractivity contribution in [2.45, 2.75) is 104 Å². The molecule has 1 rings (SSSR count). The molecule has 0 aliphatic carbocycles. The van der Waals surface area contributed by atoms with Crippen LogP contribution < -0.4 is 5.32 Å². The lowest BCUT2D eigenvalue weighted by atomic mass is 10.1. The van der Waals surface area contributed by atoms with Crippen LogP contribution in [0.15, 0.2) is 36.4 Å². The Bertz CT molecular complexity index is 518. The van der Waals surface area contributed by atoms with Gasteiger partial charge in [-0.15, -0.1) is 0 Å². The fraction of sp³-hybridized carbons (Fsp3) is 0.654. The molecule has 0 aliphatic rings. The lowest BCUT2D eigenvalue weighted by molar-refractivity contribution is 0.101. The van der Waals surface area contributed by atoms with Crippen molar-refractivity contribution in [1.82, 2.24) is 0 Å². The van der Waals surface area contributed by atoms with E-state index in [9.17, 15) is 4.79 Å². The van der Waals surface area contributed by atoms with Crippen molar-refractivity contribution in [3.8, 4) is 0 Å². The molecule has 0 amide bonds. The van der Waals surface area contributed by atoms with Crippen molar-refractivity contribution in [2.24, 2.45) is 0 Å². The van der Waals surface area contributed by atoms with E-state index in [2.05, 4.69) is 24.4 Å². The van der Waals surface area contributed by atoms with Crippen molar-refractivity contribution < 1.29 is 4.79 Å². The molecule has 0 atom stereocenters. The average Bonchev–Trinajstić information content (AvgIpc) is 2.70. The van der Waals surface area contributed by atoms with E-state index in [0.29, 0.717) is 0 Å². The molecule has 0 aliphatic heterocycles. The van der Waals surface area contributed by atoms with Crippen molar-refractivity contribution in [2.75, 3.05) is 11.9 Å². The molecule has 1 aromatic carbocycles. The zero-order valence-corrected chi connectivity index (χ0v) is 18.5. The molecule has 2 nitrogen and oxygen atoms in total. The number of benzene rings is 1. The smallest absolute Gasteiger partial charge is 0.159 e. The number of hydrogen-bond donors (Lipinski definition) is 1. The Balaban J connectivity index is 1.84. The molecule has 0 bridgehead atoms. The number of carbonyl (C=O) groups excluding carboxylic acids is 1. The highest BCUT2D eigenvalue weighted by molar-refractivity contribution is 5.94. The Morgan fingerprint density at radius 3 is 1.79 bits per heavy atom. The second-order valence-electron chi connectivity index (χ2n) is 8.00. The fourth-order valence-corrected chi connectivity index (χ4v) is 3.43. The minimum absolute atomic E-state index is 0.125. The van der Waals surface area contributed by atoms with Crippen molar-refractivity contribution in [1.29, 1.82) is 0 Å². The van der Waals surface area contributed by atoms with Crippen LogP contribution in [0.25, 0.3) is 0 Å². The maximum Gasteiger partial charge on any atom is 0.159 e. The molecular weight excluding hydrogens is 342 g/mol. The highest BCUT2D eigenvalue weighted by Crippen LogP contribution is 2.12. The topological polar surface area (TPSA) is 29.1 Å². The monoisotopic (exact) mass is 385 g/mol. The summed E-state index contributed by atoms with van der Waals surface area (Å²) in [5.41, 5.74) is 1.89. The molecule has 0 fully saturated rings. The zero-order valence-electron chi connectivity index (χ0n) is 18.5. The number of anilines is 1. The summed E-state index contributed by atoms with van der Waals surface area (Å²) in [6.45, 7) is 4.90. The van der Waals surface area contributed by atoms with Crippen LogP contribution >= 0.6 is 0 Å². The van der Waals surface area contributed by atoms with E-state index in [0.717, 1.165) is 17.8 Å². The van der Waals surface area contributed by atoms with Gasteiger partial charge in [-0.2, -0.15) is 0 Å². The van der Waals surface area contributed by atoms with Crippen LogP contribution in [0.4, 0.5) is 5.69 Å². The first-order chi connectivity index (χ1) is 13.7. The summed E-state index contributed by atoms with van der Waals surface area (Å²) in [5, 5.41) is 3.44. The minimum atomic E-state index is 0.125. The van der Waals surface area contributed by atoms with Crippen LogP contribution in [0.5, 0.6) is 0 Å². The van der Waals surface area contributed by atoms with Crippen molar-refractivity contribution >= 4 is 11.5 Å². The first kappa shape index (κ1) is 24.5. The third-order valence-corrected chi connectivity index (χ3v) is 5.31. The van der Waals surface area contributed by atoms with Gasteiger partial charge in [-0.3, -0.25) is 4.79 Å². The van der Waals surface area contributed by atoms with Gasteiger partial charge in [-0.25, -0.2) is 0 Å². The van der Waals surface area contributed by atoms with E-state index in [1.807, 2.05) is 24.3 Å². The van der Waals surface area contributed by atoms with Crippen LogP contribution in [0.1, 0.15) is 114 Å². The summed E-state index contributed by atoms with van der Waals surface area (Å²) in [7, 11) is 0. The molecule has 0 unspecified atom stereocenters. The third kappa shape index (κ3) is 13.6. The molecule has 0 heterocycles. The summed E-state index contributed by atoms with van der Waals surface area (Å²) in [5.74, 6) is 0.125. The molecular formula is C26H43NO. The predicted octanol–water partition coefficient (Wildman–Crippen LogP) is 8.34. The summed E-state index contributed by atoms with van der Waals surface area (Å²) in [6.07, 6.45) is 23.6. The Hall–Kier alpha value is -1.57. The summed E-state index contributed by atoms with van der Waals surface area (Å²) in [6, 6.07) is 7.78. The van der Waals surface area contributed by atoms with Crippen LogP contribution in [-0.2, 0) is 0 Å². The first-order valence-electron chi connectivity index (χ1n) is 11.7. The van der Waals surface area contributed by atoms with Gasteiger partial charge >= 0.3 is 0 Å². The largest absolute Gasteiger partial charge is 0.385 e. The van der Waals surface area contributed by atoms with Gasteiger partial charge in [0, 0.05) is 17.8 Å². The second-order valence-corrected chi connectivity index (χ2v) is 8.00. The van der Waals surface area contributed by atoms with Crippen molar-refractivity contribution in [3.05, 3.63) is 42.0 Å². The van der Waals surface area contributed by atoms with Crippen LogP contribution in [-0.4, -0.2) is 12.3 Å². The van der Waals surface area contributed by atoms with Gasteiger partial charge in [0.1, 0.15) is 0 Å². The maximum atomic E-state index is 11.3. The Labute approximate surface area is 174 Å². The summed E-state index contributed by atoms with van der Waals surface area (Å²) < 4.78 is 0. The molecule has 1 aromatic rings. The van der Waals surface area contributed by atoms with Gasteiger partial charge in [0.2, 0.25) is 0 Å². The number of hydrogen-bond acceptors (Lipinski definition) is 2. The number of unbranched alkanes of at least 4 members (excludes halogenated alkanes) is 12. The second kappa shape index (κ2) is 17.5. The maximum absolute atomic E-state index is 11.3. The average molecular weight is 386 g/mol. The van der Waals surface area contributed by atoms with Crippen LogP contribution in [0.2, 0.25) is 0 Å². The van der Waals surface area contributed by atoms with E-state index in [1.165, 1.54) is 89.9 Å². The van der Waals surface area contributed by atoms with Gasteiger partial charge in [0.15, 0.2) is 5.78 Å². The lowest BCUT2D eigenvalue weighted by Crippen LogP contribution is -2.01. The molecule has 1 N–H and O–H groups in total. The van der Waals surface area contributed by atoms with Gasteiger partial charge in [0.05, 0.1) is 0 Å². The van der Waals surface area contributed by atoms with E-state index in [4.69, 9.17) is 0 Å². The van der Waals surface area contributed by atoms with Gasteiger partial charge in [0.25, 0.3) is 0 Å². The SMILES string of the molecule is CCCCCCCCC=CCCCCCCCCNc1ccc(C(C)=O)cc1. The summed E-state index contributed by atoms with van der Waals surface area (Å²) in [4.78, 5) is 11.3. The normalized spacial score (nSPS) is 11.2. The molecule has 0 saturated carbocycles. The molecule has 0 radical (unpaired) electrons.